The van der Waals surface area contributed by atoms with E-state index in [1.54, 1.807) is 12.1 Å². The van der Waals surface area contributed by atoms with Crippen molar-refractivity contribution in [2.75, 3.05) is 6.54 Å². The van der Waals surface area contributed by atoms with E-state index < -0.39 is 5.97 Å². The third kappa shape index (κ3) is 3.45. The van der Waals surface area contributed by atoms with Crippen molar-refractivity contribution >= 4 is 5.97 Å². The Morgan fingerprint density at radius 3 is 2.58 bits per heavy atom. The maximum atomic E-state index is 10.7. The molecule has 0 aliphatic carbocycles. The smallest absolute Gasteiger partial charge is 0.158 e. The van der Waals surface area contributed by atoms with E-state index in [2.05, 4.69) is 12.2 Å². The van der Waals surface area contributed by atoms with Crippen molar-refractivity contribution in [2.24, 2.45) is 0 Å². The van der Waals surface area contributed by atoms with Gasteiger partial charge in [-0.25, -0.2) is 0 Å². The van der Waals surface area contributed by atoms with E-state index in [1.807, 2.05) is 12.1 Å². The maximum absolute atomic E-state index is 10.7. The maximum Gasteiger partial charge on any atom is 0.158 e. The fraction of sp³-hybridized carbons (Fsp3) is 0.267. The molecule has 1 aromatic heterocycles. The van der Waals surface area contributed by atoms with E-state index in [1.165, 1.54) is 12.1 Å². The number of hydrogen-bond donors (Lipinski definition) is 1. The number of carboxylic acid groups (broad SMARTS) is 1. The summed E-state index contributed by atoms with van der Waals surface area (Å²) in [6.07, 6.45) is 1.14. The van der Waals surface area contributed by atoms with Gasteiger partial charge in [-0.05, 0) is 24.1 Å². The molecule has 0 amide bonds. The van der Waals surface area contributed by atoms with E-state index in [0.29, 0.717) is 0 Å². The van der Waals surface area contributed by atoms with Gasteiger partial charge in [0.25, 0.3) is 0 Å². The van der Waals surface area contributed by atoms with Gasteiger partial charge in [-0.3, -0.25) is 0 Å². The molecular formula is C15H17NO3. The van der Waals surface area contributed by atoms with Crippen LogP contribution in [0.25, 0.3) is 11.3 Å². The zero-order valence-electron chi connectivity index (χ0n) is 10.9. The standard InChI is InChI=1S/C15H17NO3/c1-2-9-16-10-13-7-8-14(19-13)11-3-5-12(6-4-11)15(17)18/h3-8,16H,2,9-10H2,1H3,(H,17,18). The Hall–Kier alpha value is -2.07. The molecule has 0 saturated carbocycles. The van der Waals surface area contributed by atoms with Crippen LogP contribution < -0.4 is 10.4 Å². The summed E-state index contributed by atoms with van der Waals surface area (Å²) in [6, 6.07) is 10.4. The van der Waals surface area contributed by atoms with Crippen molar-refractivity contribution in [2.45, 2.75) is 19.9 Å². The predicted molar refractivity (Wildman–Crippen MR) is 69.3 cm³/mol. The molecule has 1 heterocycles. The van der Waals surface area contributed by atoms with Gasteiger partial charge in [0, 0.05) is 5.56 Å². The molecule has 0 spiro atoms. The van der Waals surface area contributed by atoms with Gasteiger partial charge >= 0.3 is 0 Å². The Morgan fingerprint density at radius 1 is 1.21 bits per heavy atom. The minimum atomic E-state index is -1.17. The average molecular weight is 259 g/mol. The Bertz CT molecular complexity index is 543. The third-order valence-electron chi connectivity index (χ3n) is 2.91. The van der Waals surface area contributed by atoms with Crippen molar-refractivity contribution < 1.29 is 19.6 Å². The molecule has 2 rings (SSSR count). The van der Waals surface area contributed by atoms with E-state index in [0.717, 1.165) is 36.6 Å². The molecule has 100 valence electrons. The first kappa shape index (κ1) is 13.4. The molecule has 4 heteroatoms. The van der Waals surface area contributed by atoms with Gasteiger partial charge in [0.05, 0.1) is 12.5 Å². The number of rotatable bonds is 6. The second-order valence-corrected chi connectivity index (χ2v) is 4.41. The summed E-state index contributed by atoms with van der Waals surface area (Å²) in [5, 5.41) is 12.9. The number of hydrogen-bond acceptors (Lipinski definition) is 3. The van der Waals surface area contributed by atoms with Crippen LogP contribution in [-0.4, -0.2) is 12.5 Å². The summed E-state index contributed by atoms with van der Waals surface area (Å²) >= 11 is 0. The number of furan rings is 1. The summed E-state index contributed by atoms with van der Waals surface area (Å²) in [7, 11) is 0. The molecule has 0 fully saturated rings. The van der Waals surface area contributed by atoms with Gasteiger partial charge in [0.15, 0.2) is 5.76 Å². The predicted octanol–water partition coefficient (Wildman–Crippen LogP) is 0.783. The molecule has 0 atom stereocenters. The van der Waals surface area contributed by atoms with Crippen LogP contribution in [0.2, 0.25) is 0 Å². The van der Waals surface area contributed by atoms with Crippen LogP contribution in [0, 0.1) is 0 Å². The fourth-order valence-corrected chi connectivity index (χ4v) is 1.86. The average Bonchev–Trinajstić information content (AvgIpc) is 2.88. The van der Waals surface area contributed by atoms with Crippen LogP contribution in [0.1, 0.15) is 29.5 Å². The number of carbonyl (C=O) groups is 1. The van der Waals surface area contributed by atoms with Crippen molar-refractivity contribution in [1.82, 2.24) is 0 Å². The monoisotopic (exact) mass is 259 g/mol. The highest BCUT2D eigenvalue weighted by Gasteiger charge is 2.06. The zero-order valence-corrected chi connectivity index (χ0v) is 10.9. The van der Waals surface area contributed by atoms with E-state index in [9.17, 15) is 9.90 Å². The summed E-state index contributed by atoms with van der Waals surface area (Å²) in [6.45, 7) is 4.05. The first-order valence-corrected chi connectivity index (χ1v) is 6.43. The first-order valence-electron chi connectivity index (χ1n) is 6.43. The molecule has 0 radical (unpaired) electrons. The van der Waals surface area contributed by atoms with Gasteiger partial charge in [-0.2, -0.15) is 0 Å². The van der Waals surface area contributed by atoms with Crippen LogP contribution in [0.3, 0.4) is 0 Å². The minimum absolute atomic E-state index is 0.173. The summed E-state index contributed by atoms with van der Waals surface area (Å²) < 4.78 is 5.72. The largest absolute Gasteiger partial charge is 0.545 e. The van der Waals surface area contributed by atoms with Crippen LogP contribution in [-0.2, 0) is 6.54 Å². The highest BCUT2D eigenvalue weighted by molar-refractivity contribution is 5.86. The fourth-order valence-electron chi connectivity index (χ4n) is 1.86. The lowest BCUT2D eigenvalue weighted by atomic mass is 10.1. The Kier molecular flexibility index (Phi) is 4.36. The third-order valence-corrected chi connectivity index (χ3v) is 2.91. The highest BCUT2D eigenvalue weighted by Crippen LogP contribution is 2.22. The second kappa shape index (κ2) is 6.20. The molecule has 1 aromatic carbocycles. The van der Waals surface area contributed by atoms with Gasteiger partial charge in [0.2, 0.25) is 0 Å². The highest BCUT2D eigenvalue weighted by atomic mass is 16.4. The molecule has 2 N–H and O–H groups in total. The van der Waals surface area contributed by atoms with Crippen molar-refractivity contribution in [3.63, 3.8) is 0 Å². The van der Waals surface area contributed by atoms with E-state index in [4.69, 9.17) is 4.42 Å². The zero-order chi connectivity index (χ0) is 13.7. The van der Waals surface area contributed by atoms with Crippen molar-refractivity contribution in [3.8, 4) is 11.3 Å². The topological polar surface area (TPSA) is 69.9 Å². The molecule has 0 unspecified atom stereocenters. The molecule has 0 aliphatic heterocycles. The summed E-state index contributed by atoms with van der Waals surface area (Å²) in [4.78, 5) is 10.7. The van der Waals surface area contributed by atoms with Gasteiger partial charge in [-0.15, -0.1) is 0 Å². The van der Waals surface area contributed by atoms with Gasteiger partial charge in [-0.1, -0.05) is 31.2 Å². The quantitative estimate of drug-likeness (QED) is 0.779. The molecular weight excluding hydrogens is 242 g/mol. The van der Waals surface area contributed by atoms with Crippen LogP contribution in [0.5, 0.6) is 0 Å². The SMILES string of the molecule is CCC[NH2+]Cc1ccc(-c2ccc(C(=O)[O-])cc2)o1. The van der Waals surface area contributed by atoms with E-state index in [-0.39, 0.29) is 5.56 Å². The normalized spacial score (nSPS) is 10.6. The number of quaternary nitrogens is 1. The first-order chi connectivity index (χ1) is 9.20. The van der Waals surface area contributed by atoms with Crippen molar-refractivity contribution in [3.05, 3.63) is 47.7 Å². The Labute approximate surface area is 112 Å². The number of carboxylic acids is 1. The summed E-state index contributed by atoms with van der Waals surface area (Å²) in [5.74, 6) is 0.512. The molecule has 19 heavy (non-hydrogen) atoms. The number of aromatic carboxylic acids is 1. The molecule has 2 aromatic rings. The molecule has 0 saturated heterocycles. The lowest BCUT2D eigenvalue weighted by Gasteiger charge is -2.02. The van der Waals surface area contributed by atoms with Crippen molar-refractivity contribution in [1.29, 1.82) is 0 Å². The van der Waals surface area contributed by atoms with E-state index >= 15 is 0 Å². The Morgan fingerprint density at radius 2 is 1.95 bits per heavy atom. The lowest BCUT2D eigenvalue weighted by Crippen LogP contribution is -2.82. The van der Waals surface area contributed by atoms with Crippen LogP contribution in [0.4, 0.5) is 0 Å². The van der Waals surface area contributed by atoms with Gasteiger partial charge < -0.3 is 19.6 Å². The minimum Gasteiger partial charge on any atom is -0.545 e. The van der Waals surface area contributed by atoms with Gasteiger partial charge in [0.1, 0.15) is 12.3 Å². The summed E-state index contributed by atoms with van der Waals surface area (Å²) in [5.41, 5.74) is 1.04. The lowest BCUT2D eigenvalue weighted by molar-refractivity contribution is -0.672. The number of carbonyl (C=O) groups excluding carboxylic acids is 1. The Balaban J connectivity index is 2.07. The molecule has 0 aliphatic rings. The molecule has 0 bridgehead atoms. The van der Waals surface area contributed by atoms with Crippen LogP contribution >= 0.6 is 0 Å². The van der Waals surface area contributed by atoms with Crippen LogP contribution in [0.15, 0.2) is 40.8 Å². The number of nitrogens with two attached hydrogens (primary N) is 1. The number of benzene rings is 1. The molecule has 4 nitrogen and oxygen atoms in total. The second-order valence-electron chi connectivity index (χ2n) is 4.41.